The van der Waals surface area contributed by atoms with Gasteiger partial charge in [0.1, 0.15) is 6.54 Å². The van der Waals surface area contributed by atoms with Crippen molar-refractivity contribution < 1.29 is 22.7 Å². The van der Waals surface area contributed by atoms with Gasteiger partial charge in [-0.25, -0.2) is 8.42 Å². The number of amides is 1. The van der Waals surface area contributed by atoms with Crippen molar-refractivity contribution in [2.45, 2.75) is 31.2 Å². The number of hydrogen-bond donors (Lipinski definition) is 0. The van der Waals surface area contributed by atoms with Crippen LogP contribution in [-0.4, -0.2) is 49.4 Å². The van der Waals surface area contributed by atoms with Gasteiger partial charge in [-0.3, -0.25) is 9.59 Å². The lowest BCUT2D eigenvalue weighted by Crippen LogP contribution is -2.37. The molecule has 0 atom stereocenters. The Morgan fingerprint density at radius 1 is 1.11 bits per heavy atom. The summed E-state index contributed by atoms with van der Waals surface area (Å²) < 4.78 is 34.3. The average molecular weight is 556 g/mol. The maximum atomic E-state index is 12.9. The van der Waals surface area contributed by atoms with Crippen LogP contribution >= 0.6 is 34.5 Å². The van der Waals surface area contributed by atoms with E-state index in [4.69, 9.17) is 27.9 Å². The lowest BCUT2D eigenvalue weighted by Gasteiger charge is -2.29. The number of carbonyl (C=O) groups is 2. The third-order valence-corrected chi connectivity index (χ3v) is 9.68. The third-order valence-electron chi connectivity index (χ3n) is 5.93. The normalized spacial score (nSPS) is 16.1. The summed E-state index contributed by atoms with van der Waals surface area (Å²) in [5, 5.41) is 0.535. The Labute approximate surface area is 216 Å². The second kappa shape index (κ2) is 10.4. The summed E-state index contributed by atoms with van der Waals surface area (Å²) in [5.41, 5.74) is 0.681. The molecule has 0 aliphatic carbocycles. The molecule has 1 saturated heterocycles. The number of rotatable bonds is 5. The molecular weight excluding hydrogens is 533 g/mol. The second-order valence-electron chi connectivity index (χ2n) is 8.28. The minimum Gasteiger partial charge on any atom is -0.468 e. The number of carbonyl (C=O) groups excluding carboxylic acids is 2. The minimum atomic E-state index is -3.63. The van der Waals surface area contributed by atoms with Gasteiger partial charge in [0.25, 0.3) is 5.91 Å². The van der Waals surface area contributed by atoms with Crippen LogP contribution in [0.25, 0.3) is 10.2 Å². The molecule has 1 fully saturated rings. The van der Waals surface area contributed by atoms with Gasteiger partial charge in [-0.15, -0.1) is 0 Å². The molecule has 186 valence electrons. The first-order valence-corrected chi connectivity index (χ1v) is 13.9. The molecule has 0 radical (unpaired) electrons. The Hall–Kier alpha value is -2.24. The molecule has 3 aromatic rings. The summed E-state index contributed by atoms with van der Waals surface area (Å²) in [5.74, 6) is -0.630. The minimum absolute atomic E-state index is 0.132. The first-order valence-electron chi connectivity index (χ1n) is 10.8. The highest BCUT2D eigenvalue weighted by Gasteiger charge is 2.28. The van der Waals surface area contributed by atoms with Crippen molar-refractivity contribution in [1.82, 2.24) is 8.87 Å². The van der Waals surface area contributed by atoms with E-state index in [1.165, 1.54) is 51.6 Å². The van der Waals surface area contributed by atoms with Crippen molar-refractivity contribution in [3.8, 4) is 0 Å². The maximum Gasteiger partial charge on any atom is 0.325 e. The molecular formula is C23H23Cl2N3O5S2. The van der Waals surface area contributed by atoms with Crippen LogP contribution in [0, 0.1) is 5.92 Å². The van der Waals surface area contributed by atoms with E-state index in [0.717, 1.165) is 12.8 Å². The van der Waals surface area contributed by atoms with Crippen LogP contribution in [-0.2, 0) is 26.1 Å². The monoisotopic (exact) mass is 555 g/mol. The lowest BCUT2D eigenvalue weighted by molar-refractivity contribution is -0.141. The van der Waals surface area contributed by atoms with E-state index >= 15 is 0 Å². The Morgan fingerprint density at radius 2 is 1.77 bits per heavy atom. The fourth-order valence-corrected chi connectivity index (χ4v) is 6.81. The van der Waals surface area contributed by atoms with Crippen molar-refractivity contribution in [3.05, 3.63) is 56.8 Å². The molecule has 4 rings (SSSR count). The van der Waals surface area contributed by atoms with E-state index in [1.807, 2.05) is 0 Å². The van der Waals surface area contributed by atoms with Crippen LogP contribution in [0.15, 0.2) is 46.3 Å². The van der Waals surface area contributed by atoms with Crippen molar-refractivity contribution in [2.24, 2.45) is 10.9 Å². The number of halogens is 2. The van der Waals surface area contributed by atoms with Crippen LogP contribution in [0.3, 0.4) is 0 Å². The van der Waals surface area contributed by atoms with E-state index in [0.29, 0.717) is 34.2 Å². The van der Waals surface area contributed by atoms with Crippen molar-refractivity contribution >= 4 is 66.7 Å². The highest BCUT2D eigenvalue weighted by molar-refractivity contribution is 7.89. The van der Waals surface area contributed by atoms with E-state index in [2.05, 4.69) is 11.9 Å². The lowest BCUT2D eigenvalue weighted by atomic mass is 10.0. The fourth-order valence-electron chi connectivity index (χ4n) is 3.82. The summed E-state index contributed by atoms with van der Waals surface area (Å²) in [6, 6.07) is 9.06. The van der Waals surface area contributed by atoms with Crippen LogP contribution in [0.5, 0.6) is 0 Å². The van der Waals surface area contributed by atoms with Gasteiger partial charge in [0.05, 0.1) is 32.3 Å². The summed E-state index contributed by atoms with van der Waals surface area (Å²) in [4.78, 5) is 29.5. The molecule has 8 nitrogen and oxygen atoms in total. The number of nitrogens with zero attached hydrogens (tertiary/aromatic N) is 3. The number of ether oxygens (including phenoxy) is 1. The summed E-state index contributed by atoms with van der Waals surface area (Å²) in [6.45, 7) is 2.87. The molecule has 0 bridgehead atoms. The standard InChI is InChI=1S/C23H23Cl2N3O5S2/c1-14-9-11-27(12-10-14)35(31,32)16-5-3-15(4-6-16)22(30)26-23-28(13-19(29)33-2)21-18(34-23)8-7-17(24)20(21)25/h3-8,14H,9-13H2,1-2H3. The number of hydrogen-bond acceptors (Lipinski definition) is 6. The second-order valence-corrected chi connectivity index (χ2v) is 12.0. The van der Waals surface area contributed by atoms with Gasteiger partial charge in [0.15, 0.2) is 4.80 Å². The first kappa shape index (κ1) is 25.8. The number of fused-ring (bicyclic) bond motifs is 1. The van der Waals surface area contributed by atoms with Gasteiger partial charge in [0, 0.05) is 18.7 Å². The zero-order valence-electron chi connectivity index (χ0n) is 19.0. The van der Waals surface area contributed by atoms with Crippen LogP contribution in [0.4, 0.5) is 0 Å². The molecule has 1 aliphatic heterocycles. The molecule has 0 unspecified atom stereocenters. The molecule has 1 aliphatic rings. The predicted molar refractivity (Wildman–Crippen MR) is 135 cm³/mol. The van der Waals surface area contributed by atoms with Gasteiger partial charge in [-0.1, -0.05) is 41.5 Å². The highest BCUT2D eigenvalue weighted by atomic mass is 35.5. The Balaban J connectivity index is 1.67. The van der Waals surface area contributed by atoms with E-state index in [-0.39, 0.29) is 26.8 Å². The van der Waals surface area contributed by atoms with Crippen molar-refractivity contribution in [1.29, 1.82) is 0 Å². The van der Waals surface area contributed by atoms with Crippen molar-refractivity contribution in [2.75, 3.05) is 20.2 Å². The SMILES string of the molecule is COC(=O)Cn1c(=NC(=O)c2ccc(S(=O)(=O)N3CCC(C)CC3)cc2)sc2ccc(Cl)c(Cl)c21. The molecule has 1 amide bonds. The van der Waals surface area contributed by atoms with Crippen LogP contribution in [0.1, 0.15) is 30.1 Å². The summed E-state index contributed by atoms with van der Waals surface area (Å²) in [6.07, 6.45) is 1.65. The largest absolute Gasteiger partial charge is 0.468 e. The number of thiazole rings is 1. The van der Waals surface area contributed by atoms with Crippen LogP contribution in [0.2, 0.25) is 10.0 Å². The number of piperidine rings is 1. The molecule has 2 heterocycles. The van der Waals surface area contributed by atoms with Crippen LogP contribution < -0.4 is 4.80 Å². The predicted octanol–water partition coefficient (Wildman–Crippen LogP) is 4.34. The zero-order valence-corrected chi connectivity index (χ0v) is 22.2. The van der Waals surface area contributed by atoms with Gasteiger partial charge in [0.2, 0.25) is 10.0 Å². The highest BCUT2D eigenvalue weighted by Crippen LogP contribution is 2.32. The van der Waals surface area contributed by atoms with Gasteiger partial charge < -0.3 is 9.30 Å². The number of methoxy groups -OCH3 is 1. The molecule has 2 aromatic carbocycles. The zero-order chi connectivity index (χ0) is 25.3. The Bertz CT molecular complexity index is 1450. The maximum absolute atomic E-state index is 12.9. The van der Waals surface area contributed by atoms with Gasteiger partial charge in [-0.2, -0.15) is 9.30 Å². The fraction of sp³-hybridized carbons (Fsp3) is 0.348. The van der Waals surface area contributed by atoms with Crippen molar-refractivity contribution in [3.63, 3.8) is 0 Å². The van der Waals surface area contributed by atoms with E-state index in [1.54, 1.807) is 12.1 Å². The Morgan fingerprint density at radius 3 is 2.40 bits per heavy atom. The third kappa shape index (κ3) is 5.31. The molecule has 12 heteroatoms. The molecule has 35 heavy (non-hydrogen) atoms. The number of sulfonamides is 1. The smallest absolute Gasteiger partial charge is 0.325 e. The van der Waals surface area contributed by atoms with Gasteiger partial charge >= 0.3 is 5.97 Å². The summed E-state index contributed by atoms with van der Waals surface area (Å²) in [7, 11) is -2.37. The number of aromatic nitrogens is 1. The Kier molecular flexibility index (Phi) is 7.68. The topological polar surface area (TPSA) is 98.0 Å². The number of benzene rings is 2. The quantitative estimate of drug-likeness (QED) is 0.436. The average Bonchev–Trinajstić information content (AvgIpc) is 3.18. The number of esters is 1. The first-order chi connectivity index (χ1) is 16.6. The molecule has 0 saturated carbocycles. The summed E-state index contributed by atoms with van der Waals surface area (Å²) >= 11 is 13.7. The van der Waals surface area contributed by atoms with E-state index in [9.17, 15) is 18.0 Å². The molecule has 1 aromatic heterocycles. The molecule has 0 spiro atoms. The van der Waals surface area contributed by atoms with E-state index < -0.39 is 21.9 Å². The van der Waals surface area contributed by atoms with Gasteiger partial charge in [-0.05, 0) is 55.2 Å². The molecule has 0 N–H and O–H groups in total.